The van der Waals surface area contributed by atoms with Gasteiger partial charge in [-0.2, -0.15) is 0 Å². The van der Waals surface area contributed by atoms with Crippen LogP contribution in [0.15, 0.2) is 24.3 Å². The molecule has 1 amide bonds. The minimum atomic E-state index is -0.695. The average molecular weight is 292 g/mol. The van der Waals surface area contributed by atoms with Crippen LogP contribution >= 0.6 is 0 Å². The third-order valence-electron chi connectivity index (χ3n) is 4.27. The first kappa shape index (κ1) is 13.8. The van der Waals surface area contributed by atoms with Gasteiger partial charge in [0.1, 0.15) is 0 Å². The van der Waals surface area contributed by atoms with Crippen LogP contribution in [0.5, 0.6) is 0 Å². The van der Waals surface area contributed by atoms with Gasteiger partial charge in [0, 0.05) is 47.6 Å². The van der Waals surface area contributed by atoms with Crippen molar-refractivity contribution in [2.45, 2.75) is 19.4 Å². The van der Waals surface area contributed by atoms with Crippen LogP contribution in [0.3, 0.4) is 0 Å². The normalized spacial score (nSPS) is 21.8. The monoisotopic (exact) mass is 292 g/mol. The number of amides is 1. The molecule has 0 aromatic heterocycles. The number of hydrogen-bond donors (Lipinski definition) is 0. The van der Waals surface area contributed by atoms with Crippen LogP contribution in [0, 0.1) is 0 Å². The first-order chi connectivity index (χ1) is 9.66. The quantitative estimate of drug-likeness (QED) is 0.817. The molecule has 1 unspecified atom stereocenters. The van der Waals surface area contributed by atoms with Crippen LogP contribution in [0.4, 0.5) is 5.69 Å². The first-order valence-electron chi connectivity index (χ1n) is 7.15. The minimum absolute atomic E-state index is 0.126. The fourth-order valence-electron chi connectivity index (χ4n) is 2.99. The Morgan fingerprint density at radius 1 is 1.20 bits per heavy atom. The maximum Gasteiger partial charge on any atom is 0.244 e. The van der Waals surface area contributed by atoms with Crippen molar-refractivity contribution >= 4 is 22.4 Å². The van der Waals surface area contributed by atoms with Gasteiger partial charge in [-0.05, 0) is 25.0 Å². The van der Waals surface area contributed by atoms with Crippen LogP contribution < -0.4 is 4.90 Å². The Morgan fingerprint density at radius 2 is 1.90 bits per heavy atom. The topological polar surface area (TPSA) is 40.6 Å². The Bertz CT molecular complexity index is 536. The lowest BCUT2D eigenvalue weighted by atomic mass is 10.2. The van der Waals surface area contributed by atoms with Gasteiger partial charge in [-0.15, -0.1) is 0 Å². The molecule has 1 atom stereocenters. The maximum absolute atomic E-state index is 12.7. The molecule has 0 N–H and O–H groups in total. The molecule has 2 aliphatic rings. The Labute approximate surface area is 122 Å². The van der Waals surface area contributed by atoms with E-state index in [9.17, 15) is 9.00 Å². The Morgan fingerprint density at radius 3 is 2.65 bits per heavy atom. The molecule has 2 aliphatic heterocycles. The molecule has 1 saturated heterocycles. The second-order valence-electron chi connectivity index (χ2n) is 5.43. The van der Waals surface area contributed by atoms with Gasteiger partial charge in [-0.25, -0.2) is 0 Å². The number of benzene rings is 1. The highest BCUT2D eigenvalue weighted by molar-refractivity contribution is 7.85. The van der Waals surface area contributed by atoms with E-state index in [-0.39, 0.29) is 11.9 Å². The molecule has 5 heteroatoms. The second kappa shape index (κ2) is 5.66. The molecule has 3 rings (SSSR count). The molecule has 20 heavy (non-hydrogen) atoms. The number of para-hydroxylation sites is 1. The summed E-state index contributed by atoms with van der Waals surface area (Å²) in [5, 5.41) is 0. The van der Waals surface area contributed by atoms with E-state index < -0.39 is 10.8 Å². The number of fused-ring (bicyclic) bond motifs is 1. The number of anilines is 1. The van der Waals surface area contributed by atoms with E-state index in [1.807, 2.05) is 30.0 Å². The lowest BCUT2D eigenvalue weighted by molar-refractivity contribution is -0.123. The summed E-state index contributed by atoms with van der Waals surface area (Å²) in [6, 6.07) is 8.00. The summed E-state index contributed by atoms with van der Waals surface area (Å²) in [6.45, 7) is 4.27. The summed E-state index contributed by atoms with van der Waals surface area (Å²) >= 11 is 0. The molecule has 2 heterocycles. The van der Waals surface area contributed by atoms with Gasteiger partial charge >= 0.3 is 0 Å². The van der Waals surface area contributed by atoms with E-state index in [2.05, 4.69) is 11.0 Å². The first-order valence-corrected chi connectivity index (χ1v) is 8.64. The van der Waals surface area contributed by atoms with Crippen molar-refractivity contribution in [1.82, 2.24) is 4.90 Å². The Hall–Kier alpha value is -1.20. The predicted octanol–water partition coefficient (Wildman–Crippen LogP) is 1.03. The molecule has 108 valence electrons. The van der Waals surface area contributed by atoms with Crippen molar-refractivity contribution in [2.75, 3.05) is 36.0 Å². The zero-order chi connectivity index (χ0) is 14.1. The highest BCUT2D eigenvalue weighted by atomic mass is 32.2. The van der Waals surface area contributed by atoms with Gasteiger partial charge in [-0.3, -0.25) is 13.9 Å². The molecule has 1 aromatic carbocycles. The lowest BCUT2D eigenvalue weighted by Gasteiger charge is -2.33. The molecule has 0 spiro atoms. The van der Waals surface area contributed by atoms with E-state index in [0.29, 0.717) is 11.5 Å². The number of nitrogens with zero attached hydrogens (tertiary/aromatic N) is 2. The molecular formula is C15H20N2O2S. The summed E-state index contributed by atoms with van der Waals surface area (Å²) in [5.74, 6) is 1.55. The van der Waals surface area contributed by atoms with E-state index in [4.69, 9.17) is 0 Å². The van der Waals surface area contributed by atoms with Gasteiger partial charge < -0.3 is 4.90 Å². The molecule has 0 bridgehead atoms. The smallest absolute Gasteiger partial charge is 0.244 e. The number of rotatable bonds is 2. The van der Waals surface area contributed by atoms with Crippen LogP contribution in [-0.2, 0) is 22.0 Å². The number of carbonyl (C=O) groups excluding carboxylic acids is 1. The predicted molar refractivity (Wildman–Crippen MR) is 81.4 cm³/mol. The Kier molecular flexibility index (Phi) is 3.89. The van der Waals surface area contributed by atoms with Gasteiger partial charge in [0.25, 0.3) is 0 Å². The summed E-state index contributed by atoms with van der Waals surface area (Å²) in [7, 11) is -0.695. The van der Waals surface area contributed by atoms with Gasteiger partial charge in [0.15, 0.2) is 0 Å². The van der Waals surface area contributed by atoms with Gasteiger partial charge in [0.2, 0.25) is 5.91 Å². The molecular weight excluding hydrogens is 272 g/mol. The van der Waals surface area contributed by atoms with E-state index in [1.54, 1.807) is 0 Å². The van der Waals surface area contributed by atoms with Crippen molar-refractivity contribution in [3.8, 4) is 0 Å². The molecule has 0 saturated carbocycles. The Balaban J connectivity index is 1.72. The van der Waals surface area contributed by atoms with Crippen LogP contribution in [0.1, 0.15) is 12.5 Å². The van der Waals surface area contributed by atoms with Crippen LogP contribution in [0.25, 0.3) is 0 Å². The molecule has 4 nitrogen and oxygen atoms in total. The van der Waals surface area contributed by atoms with E-state index in [1.165, 1.54) is 5.56 Å². The van der Waals surface area contributed by atoms with E-state index in [0.717, 1.165) is 31.7 Å². The van der Waals surface area contributed by atoms with Crippen molar-refractivity contribution in [3.63, 3.8) is 0 Å². The highest BCUT2D eigenvalue weighted by Gasteiger charge is 2.31. The summed E-state index contributed by atoms with van der Waals surface area (Å²) in [4.78, 5) is 16.8. The van der Waals surface area contributed by atoms with Crippen molar-refractivity contribution < 1.29 is 9.00 Å². The number of carbonyl (C=O) groups is 1. The van der Waals surface area contributed by atoms with Crippen molar-refractivity contribution in [2.24, 2.45) is 0 Å². The molecule has 1 aromatic rings. The van der Waals surface area contributed by atoms with Crippen LogP contribution in [-0.4, -0.2) is 52.2 Å². The molecule has 0 aliphatic carbocycles. The molecule has 1 fully saturated rings. The zero-order valence-electron chi connectivity index (χ0n) is 11.7. The SMILES string of the molecule is CC(C(=O)N1CCc2ccccc21)N1CCS(=O)CC1. The van der Waals surface area contributed by atoms with Gasteiger partial charge in [-0.1, -0.05) is 18.2 Å². The second-order valence-corrected chi connectivity index (χ2v) is 7.12. The fraction of sp³-hybridized carbons (Fsp3) is 0.533. The summed E-state index contributed by atoms with van der Waals surface area (Å²) in [5.41, 5.74) is 2.32. The average Bonchev–Trinajstić information content (AvgIpc) is 2.90. The summed E-state index contributed by atoms with van der Waals surface area (Å²) < 4.78 is 11.4. The van der Waals surface area contributed by atoms with E-state index >= 15 is 0 Å². The lowest BCUT2D eigenvalue weighted by Crippen LogP contribution is -2.51. The van der Waals surface area contributed by atoms with Gasteiger partial charge in [0.05, 0.1) is 6.04 Å². The third-order valence-corrected chi connectivity index (χ3v) is 5.55. The van der Waals surface area contributed by atoms with Crippen molar-refractivity contribution in [3.05, 3.63) is 29.8 Å². The highest BCUT2D eigenvalue weighted by Crippen LogP contribution is 2.28. The standard InChI is InChI=1S/C15H20N2O2S/c1-12(16-8-10-20(19)11-9-16)15(18)17-7-6-13-4-2-3-5-14(13)17/h2-5,12H,6-11H2,1H3. The summed E-state index contributed by atoms with van der Waals surface area (Å²) in [6.07, 6.45) is 0.943. The fourth-order valence-corrected chi connectivity index (χ4v) is 4.07. The zero-order valence-corrected chi connectivity index (χ0v) is 12.6. The third kappa shape index (κ3) is 2.52. The van der Waals surface area contributed by atoms with Crippen molar-refractivity contribution in [1.29, 1.82) is 0 Å². The maximum atomic E-state index is 12.7. The largest absolute Gasteiger partial charge is 0.310 e. The van der Waals surface area contributed by atoms with Crippen LogP contribution in [0.2, 0.25) is 0 Å². The minimum Gasteiger partial charge on any atom is -0.310 e. The number of hydrogen-bond acceptors (Lipinski definition) is 3. The molecule has 0 radical (unpaired) electrons.